The number of hydrogen-bond acceptors (Lipinski definition) is 3. The Morgan fingerprint density at radius 1 is 1.23 bits per heavy atom. The highest BCUT2D eigenvalue weighted by Crippen LogP contribution is 2.36. The summed E-state index contributed by atoms with van der Waals surface area (Å²) in [5.74, 6) is -0.323. The van der Waals surface area contributed by atoms with E-state index in [0.717, 1.165) is 5.56 Å². The molecule has 0 aromatic heterocycles. The molecule has 0 spiro atoms. The molecule has 2 atom stereocenters. The Hall–Kier alpha value is -2.89. The Labute approximate surface area is 151 Å². The fourth-order valence-electron chi connectivity index (χ4n) is 3.36. The third-order valence-electron chi connectivity index (χ3n) is 4.75. The first-order valence-electron chi connectivity index (χ1n) is 8.45. The van der Waals surface area contributed by atoms with Crippen molar-refractivity contribution in [2.24, 2.45) is 5.92 Å². The van der Waals surface area contributed by atoms with Gasteiger partial charge in [0.05, 0.1) is 19.1 Å². The van der Waals surface area contributed by atoms with Gasteiger partial charge in [-0.2, -0.15) is 0 Å². The van der Waals surface area contributed by atoms with Crippen LogP contribution in [-0.4, -0.2) is 30.9 Å². The topological polar surface area (TPSA) is 58.6 Å². The van der Waals surface area contributed by atoms with E-state index in [0.29, 0.717) is 24.3 Å². The number of nitrogens with one attached hydrogen (secondary N) is 1. The number of nitrogens with zero attached hydrogens (tertiary/aromatic N) is 1. The fourth-order valence-corrected chi connectivity index (χ4v) is 3.36. The number of methoxy groups -OCH3 is 1. The Morgan fingerprint density at radius 2 is 1.96 bits per heavy atom. The smallest absolute Gasteiger partial charge is 0.229 e. The van der Waals surface area contributed by atoms with Crippen LogP contribution in [0.15, 0.2) is 48.5 Å². The average molecular weight is 356 g/mol. The van der Waals surface area contributed by atoms with Crippen molar-refractivity contribution in [1.29, 1.82) is 0 Å². The molecule has 1 saturated heterocycles. The highest BCUT2D eigenvalue weighted by molar-refractivity contribution is 5.94. The SMILES string of the molecule is COc1cccc(NC(=O)[C@@H]2CCC(=O)N(C)[C@@H]2c2ccc(F)cc2)c1. The van der Waals surface area contributed by atoms with Crippen LogP contribution in [0.5, 0.6) is 5.75 Å². The third-order valence-corrected chi connectivity index (χ3v) is 4.75. The quantitative estimate of drug-likeness (QED) is 0.914. The number of likely N-dealkylation sites (tertiary alicyclic amines) is 1. The fraction of sp³-hybridized carbons (Fsp3) is 0.300. The molecule has 136 valence electrons. The second kappa shape index (κ2) is 7.56. The van der Waals surface area contributed by atoms with E-state index >= 15 is 0 Å². The summed E-state index contributed by atoms with van der Waals surface area (Å²) in [4.78, 5) is 26.6. The molecule has 2 aromatic carbocycles. The van der Waals surface area contributed by atoms with Gasteiger partial charge in [-0.05, 0) is 36.2 Å². The van der Waals surface area contributed by atoms with Gasteiger partial charge in [0.15, 0.2) is 0 Å². The van der Waals surface area contributed by atoms with Gasteiger partial charge in [0, 0.05) is 25.2 Å². The number of benzene rings is 2. The summed E-state index contributed by atoms with van der Waals surface area (Å²) in [7, 11) is 3.24. The van der Waals surface area contributed by atoms with E-state index in [1.165, 1.54) is 12.1 Å². The van der Waals surface area contributed by atoms with Crippen LogP contribution in [0.25, 0.3) is 0 Å². The summed E-state index contributed by atoms with van der Waals surface area (Å²) < 4.78 is 18.4. The van der Waals surface area contributed by atoms with E-state index < -0.39 is 12.0 Å². The molecular formula is C20H21FN2O3. The lowest BCUT2D eigenvalue weighted by Crippen LogP contribution is -2.44. The predicted octanol–water partition coefficient (Wildman–Crippen LogP) is 3.38. The molecule has 0 unspecified atom stereocenters. The maximum absolute atomic E-state index is 13.3. The van der Waals surface area contributed by atoms with E-state index in [1.807, 2.05) is 0 Å². The number of anilines is 1. The largest absolute Gasteiger partial charge is 0.497 e. The van der Waals surface area contributed by atoms with Gasteiger partial charge < -0.3 is 15.0 Å². The monoisotopic (exact) mass is 356 g/mol. The maximum Gasteiger partial charge on any atom is 0.229 e. The van der Waals surface area contributed by atoms with Gasteiger partial charge in [-0.25, -0.2) is 4.39 Å². The van der Waals surface area contributed by atoms with Crippen LogP contribution >= 0.6 is 0 Å². The zero-order chi connectivity index (χ0) is 18.7. The van der Waals surface area contributed by atoms with Crippen LogP contribution < -0.4 is 10.1 Å². The number of carbonyl (C=O) groups is 2. The van der Waals surface area contributed by atoms with E-state index in [9.17, 15) is 14.0 Å². The van der Waals surface area contributed by atoms with Crippen LogP contribution in [0, 0.1) is 11.7 Å². The Balaban J connectivity index is 1.86. The first-order valence-corrected chi connectivity index (χ1v) is 8.45. The molecule has 5 nitrogen and oxygen atoms in total. The summed E-state index contributed by atoms with van der Waals surface area (Å²) in [5.41, 5.74) is 1.37. The summed E-state index contributed by atoms with van der Waals surface area (Å²) >= 11 is 0. The van der Waals surface area contributed by atoms with Crippen LogP contribution in [0.2, 0.25) is 0 Å². The van der Waals surface area contributed by atoms with Crippen LogP contribution in [0.1, 0.15) is 24.4 Å². The number of rotatable bonds is 4. The van der Waals surface area contributed by atoms with Crippen molar-refractivity contribution < 1.29 is 18.7 Å². The molecule has 0 bridgehead atoms. The molecule has 1 aliphatic rings. The second-order valence-electron chi connectivity index (χ2n) is 6.37. The number of hydrogen-bond donors (Lipinski definition) is 1. The number of ether oxygens (including phenoxy) is 1. The number of amides is 2. The van der Waals surface area contributed by atoms with Crippen molar-refractivity contribution >= 4 is 17.5 Å². The van der Waals surface area contributed by atoms with Gasteiger partial charge in [-0.3, -0.25) is 9.59 Å². The molecule has 0 saturated carbocycles. The summed E-state index contributed by atoms with van der Waals surface area (Å²) in [6.45, 7) is 0. The van der Waals surface area contributed by atoms with Crippen molar-refractivity contribution in [3.63, 3.8) is 0 Å². The normalized spacial score (nSPS) is 20.0. The Morgan fingerprint density at radius 3 is 2.65 bits per heavy atom. The molecule has 1 heterocycles. The lowest BCUT2D eigenvalue weighted by molar-refractivity contribution is -0.140. The molecule has 1 N–H and O–H groups in total. The van der Waals surface area contributed by atoms with E-state index in [1.54, 1.807) is 55.5 Å². The minimum Gasteiger partial charge on any atom is -0.497 e. The van der Waals surface area contributed by atoms with Crippen LogP contribution in [-0.2, 0) is 9.59 Å². The van der Waals surface area contributed by atoms with Crippen LogP contribution in [0.3, 0.4) is 0 Å². The molecule has 0 aliphatic carbocycles. The van der Waals surface area contributed by atoms with Gasteiger partial charge >= 0.3 is 0 Å². The Kier molecular flexibility index (Phi) is 5.21. The van der Waals surface area contributed by atoms with Gasteiger partial charge in [-0.1, -0.05) is 18.2 Å². The molecule has 6 heteroatoms. The number of piperidine rings is 1. The zero-order valence-electron chi connectivity index (χ0n) is 14.7. The Bertz CT molecular complexity index is 807. The highest BCUT2D eigenvalue weighted by Gasteiger charge is 2.38. The van der Waals surface area contributed by atoms with Crippen molar-refractivity contribution in [2.45, 2.75) is 18.9 Å². The van der Waals surface area contributed by atoms with Gasteiger partial charge in [-0.15, -0.1) is 0 Å². The first-order chi connectivity index (χ1) is 12.5. The van der Waals surface area contributed by atoms with Crippen molar-refractivity contribution in [2.75, 3.05) is 19.5 Å². The first kappa shape index (κ1) is 17.9. The molecule has 3 rings (SSSR count). The standard InChI is InChI=1S/C20H21FN2O3/c1-23-18(24)11-10-17(19(23)13-6-8-14(21)9-7-13)20(25)22-15-4-3-5-16(12-15)26-2/h3-9,12,17,19H,10-11H2,1-2H3,(H,22,25)/t17-,19-/m1/s1. The average Bonchev–Trinajstić information content (AvgIpc) is 2.65. The van der Waals surface area contributed by atoms with Crippen molar-refractivity contribution in [3.8, 4) is 5.75 Å². The van der Waals surface area contributed by atoms with Gasteiger partial charge in [0.25, 0.3) is 0 Å². The highest BCUT2D eigenvalue weighted by atomic mass is 19.1. The molecule has 0 radical (unpaired) electrons. The maximum atomic E-state index is 13.3. The zero-order valence-corrected chi connectivity index (χ0v) is 14.7. The van der Waals surface area contributed by atoms with E-state index in [2.05, 4.69) is 5.32 Å². The number of halogens is 1. The summed E-state index contributed by atoms with van der Waals surface area (Å²) in [6.07, 6.45) is 0.755. The van der Waals surface area contributed by atoms with Gasteiger partial charge in [0.1, 0.15) is 11.6 Å². The summed E-state index contributed by atoms with van der Waals surface area (Å²) in [6, 6.07) is 12.6. The predicted molar refractivity (Wildman–Crippen MR) is 96.3 cm³/mol. The van der Waals surface area contributed by atoms with Crippen molar-refractivity contribution in [1.82, 2.24) is 4.90 Å². The molecular weight excluding hydrogens is 335 g/mol. The molecule has 2 aromatic rings. The summed E-state index contributed by atoms with van der Waals surface area (Å²) in [5, 5.41) is 2.90. The van der Waals surface area contributed by atoms with Crippen molar-refractivity contribution in [3.05, 3.63) is 59.9 Å². The second-order valence-corrected chi connectivity index (χ2v) is 6.37. The third kappa shape index (κ3) is 3.69. The number of carbonyl (C=O) groups excluding carboxylic acids is 2. The minimum atomic E-state index is -0.428. The van der Waals surface area contributed by atoms with E-state index in [-0.39, 0.29) is 17.6 Å². The lowest BCUT2D eigenvalue weighted by Gasteiger charge is -2.38. The molecule has 26 heavy (non-hydrogen) atoms. The lowest BCUT2D eigenvalue weighted by atomic mass is 9.84. The minimum absolute atomic E-state index is 0.0234. The molecule has 1 aliphatic heterocycles. The van der Waals surface area contributed by atoms with E-state index in [4.69, 9.17) is 4.74 Å². The molecule has 1 fully saturated rings. The molecule has 2 amide bonds. The van der Waals surface area contributed by atoms with Gasteiger partial charge in [0.2, 0.25) is 11.8 Å². The van der Waals surface area contributed by atoms with Crippen LogP contribution in [0.4, 0.5) is 10.1 Å².